The molecule has 3 aliphatic heterocycles. The van der Waals surface area contributed by atoms with Gasteiger partial charge in [0.15, 0.2) is 0 Å². The summed E-state index contributed by atoms with van der Waals surface area (Å²) in [6.07, 6.45) is 0.0788. The van der Waals surface area contributed by atoms with Gasteiger partial charge in [-0.1, -0.05) is 35.9 Å². The quantitative estimate of drug-likeness (QED) is 0.285. The second-order valence-electron chi connectivity index (χ2n) is 13.7. The first-order chi connectivity index (χ1) is 22.9. The normalized spacial score (nSPS) is 19.9. The molecule has 1 amide bonds. The highest BCUT2D eigenvalue weighted by Gasteiger charge is 2.37. The third-order valence-corrected chi connectivity index (χ3v) is 9.47. The van der Waals surface area contributed by atoms with Crippen molar-refractivity contribution in [1.82, 2.24) is 19.8 Å². The molecule has 2 aromatic carbocycles. The molecular weight excluding hydrogens is 640 g/mol. The minimum absolute atomic E-state index is 0.150. The van der Waals surface area contributed by atoms with E-state index in [1.54, 1.807) is 4.90 Å². The number of halogens is 3. The molecule has 3 aromatic rings. The van der Waals surface area contributed by atoms with Crippen molar-refractivity contribution in [2.24, 2.45) is 0 Å². The summed E-state index contributed by atoms with van der Waals surface area (Å²) in [5, 5.41) is 12.4. The van der Waals surface area contributed by atoms with Crippen molar-refractivity contribution in [2.45, 2.75) is 70.6 Å². The lowest BCUT2D eigenvalue weighted by atomic mass is 10.0. The van der Waals surface area contributed by atoms with Crippen LogP contribution in [0.1, 0.15) is 51.3 Å². The minimum Gasteiger partial charge on any atom is -0.462 e. The summed E-state index contributed by atoms with van der Waals surface area (Å²) in [5.41, 5.74) is 2.20. The van der Waals surface area contributed by atoms with Crippen LogP contribution in [0.2, 0.25) is 5.02 Å². The van der Waals surface area contributed by atoms with Crippen molar-refractivity contribution in [3.63, 3.8) is 0 Å². The van der Waals surface area contributed by atoms with E-state index < -0.39 is 17.6 Å². The third-order valence-electron chi connectivity index (χ3n) is 9.16. The van der Waals surface area contributed by atoms with Crippen LogP contribution in [0, 0.1) is 11.3 Å². The Hall–Kier alpha value is -3.95. The van der Waals surface area contributed by atoms with Gasteiger partial charge in [0.2, 0.25) is 0 Å². The van der Waals surface area contributed by atoms with Gasteiger partial charge in [0.1, 0.15) is 18.0 Å². The molecule has 48 heavy (non-hydrogen) atoms. The van der Waals surface area contributed by atoms with Crippen LogP contribution in [0.15, 0.2) is 36.4 Å². The van der Waals surface area contributed by atoms with Gasteiger partial charge in [0.25, 0.3) is 5.92 Å². The Labute approximate surface area is 285 Å². The fourth-order valence-electron chi connectivity index (χ4n) is 6.72. The zero-order valence-corrected chi connectivity index (χ0v) is 28.5. The standard InChI is InChI=1S/C35H42ClF2N7O3/c1-34(2,3)48-33(46)45-19-18-44(22-25(45)10-14-39)31-26-11-15-43(29-9-5-7-24-6-4-8-27(36)30(24)29)23-28(26)40-32(41-31)47-21-20-42-16-12-35(37,38)13-17-42/h4-9,25H,10-13,15-23H2,1-3H3/t25-/m0/s1. The molecule has 0 radical (unpaired) electrons. The Kier molecular flexibility index (Phi) is 9.81. The van der Waals surface area contributed by atoms with Crippen LogP contribution in [0.4, 0.5) is 25.1 Å². The molecule has 0 spiro atoms. The Balaban J connectivity index is 1.27. The molecule has 0 bridgehead atoms. The van der Waals surface area contributed by atoms with Crippen LogP contribution in [-0.2, 0) is 17.7 Å². The first-order valence-electron chi connectivity index (χ1n) is 16.6. The minimum atomic E-state index is -2.61. The van der Waals surface area contributed by atoms with Crippen molar-refractivity contribution in [2.75, 3.05) is 62.2 Å². The van der Waals surface area contributed by atoms with E-state index >= 15 is 0 Å². The molecule has 4 heterocycles. The van der Waals surface area contributed by atoms with E-state index in [0.29, 0.717) is 63.8 Å². The Morgan fingerprint density at radius 1 is 1.06 bits per heavy atom. The highest BCUT2D eigenvalue weighted by atomic mass is 35.5. The first kappa shape index (κ1) is 33.9. The van der Waals surface area contributed by atoms with Gasteiger partial charge in [-0.05, 0) is 44.7 Å². The number of rotatable bonds is 7. The number of alkyl halides is 2. The van der Waals surface area contributed by atoms with Gasteiger partial charge in [-0.15, -0.1) is 0 Å². The first-order valence-corrected chi connectivity index (χ1v) is 16.9. The maximum Gasteiger partial charge on any atom is 0.410 e. The van der Waals surface area contributed by atoms with Crippen molar-refractivity contribution < 1.29 is 23.0 Å². The average Bonchev–Trinajstić information content (AvgIpc) is 3.04. The van der Waals surface area contributed by atoms with E-state index in [1.165, 1.54) is 0 Å². The molecule has 0 saturated carbocycles. The number of nitrogens with zero attached hydrogens (tertiary/aromatic N) is 7. The highest BCUT2D eigenvalue weighted by Crippen LogP contribution is 2.37. The molecule has 2 saturated heterocycles. The van der Waals surface area contributed by atoms with Crippen LogP contribution in [0.3, 0.4) is 0 Å². The van der Waals surface area contributed by atoms with Gasteiger partial charge in [-0.25, -0.2) is 13.6 Å². The Bertz CT molecular complexity index is 1680. The summed E-state index contributed by atoms with van der Waals surface area (Å²) in [6.45, 7) is 9.35. The number of anilines is 2. The van der Waals surface area contributed by atoms with Crippen LogP contribution < -0.4 is 14.5 Å². The van der Waals surface area contributed by atoms with Crippen LogP contribution in [0.25, 0.3) is 10.8 Å². The number of hydrogen-bond donors (Lipinski definition) is 0. The van der Waals surface area contributed by atoms with Crippen LogP contribution in [0.5, 0.6) is 6.01 Å². The number of fused-ring (bicyclic) bond motifs is 2. The number of nitriles is 1. The van der Waals surface area contributed by atoms with Crippen molar-refractivity contribution >= 4 is 40.0 Å². The lowest BCUT2D eigenvalue weighted by molar-refractivity contribution is -0.0565. The lowest BCUT2D eigenvalue weighted by Crippen LogP contribution is -2.56. The van der Waals surface area contributed by atoms with Gasteiger partial charge in [0, 0.05) is 75.3 Å². The summed E-state index contributed by atoms with van der Waals surface area (Å²) in [5.74, 6) is -1.87. The largest absolute Gasteiger partial charge is 0.462 e. The van der Waals surface area contributed by atoms with E-state index in [-0.39, 0.29) is 37.9 Å². The molecular formula is C35H42ClF2N7O3. The number of likely N-dealkylation sites (tertiary alicyclic amines) is 1. The summed E-state index contributed by atoms with van der Waals surface area (Å²) in [6, 6.07) is 14.1. The van der Waals surface area contributed by atoms with Crippen molar-refractivity contribution in [3.05, 3.63) is 52.7 Å². The number of piperidine rings is 1. The van der Waals surface area contributed by atoms with E-state index in [0.717, 1.165) is 33.5 Å². The molecule has 0 N–H and O–H groups in total. The maximum absolute atomic E-state index is 13.7. The van der Waals surface area contributed by atoms with Gasteiger partial charge in [-0.3, -0.25) is 4.90 Å². The van der Waals surface area contributed by atoms with E-state index in [2.05, 4.69) is 21.9 Å². The van der Waals surface area contributed by atoms with Crippen LogP contribution >= 0.6 is 11.6 Å². The number of benzene rings is 2. The zero-order valence-electron chi connectivity index (χ0n) is 27.7. The number of piperazine rings is 1. The molecule has 1 atom stereocenters. The molecule has 1 aromatic heterocycles. The number of hydrogen-bond acceptors (Lipinski definition) is 9. The average molecular weight is 682 g/mol. The van der Waals surface area contributed by atoms with E-state index in [1.807, 2.05) is 56.0 Å². The maximum atomic E-state index is 13.7. The second-order valence-corrected chi connectivity index (χ2v) is 14.1. The second kappa shape index (κ2) is 13.9. The Morgan fingerprint density at radius 2 is 1.81 bits per heavy atom. The molecule has 6 rings (SSSR count). The van der Waals surface area contributed by atoms with Gasteiger partial charge < -0.3 is 24.2 Å². The molecule has 10 nitrogen and oxygen atoms in total. The molecule has 13 heteroatoms. The third kappa shape index (κ3) is 7.68. The predicted octanol–water partition coefficient (Wildman–Crippen LogP) is 6.30. The summed E-state index contributed by atoms with van der Waals surface area (Å²) >= 11 is 6.69. The number of aromatic nitrogens is 2. The SMILES string of the molecule is CC(C)(C)OC(=O)N1CCN(c2nc(OCCN3CCC(F)(F)CC3)nc3c2CCN(c2cccc4cccc(Cl)c24)C3)C[C@@H]1CC#N. The molecule has 256 valence electrons. The Morgan fingerprint density at radius 3 is 2.54 bits per heavy atom. The number of carbonyl (C=O) groups excluding carboxylic acids is 1. The summed E-state index contributed by atoms with van der Waals surface area (Å²) in [7, 11) is 0. The lowest BCUT2D eigenvalue weighted by Gasteiger charge is -2.42. The fraction of sp³-hybridized carbons (Fsp3) is 0.543. The van der Waals surface area contributed by atoms with Gasteiger partial charge >= 0.3 is 12.1 Å². The number of amides is 1. The summed E-state index contributed by atoms with van der Waals surface area (Å²) in [4.78, 5) is 30.9. The van der Waals surface area contributed by atoms with Crippen LogP contribution in [-0.4, -0.2) is 95.8 Å². The molecule has 0 aliphatic carbocycles. The zero-order chi connectivity index (χ0) is 34.1. The number of ether oxygens (including phenoxy) is 2. The van der Waals surface area contributed by atoms with Gasteiger partial charge in [-0.2, -0.15) is 15.2 Å². The highest BCUT2D eigenvalue weighted by molar-refractivity contribution is 6.36. The molecule has 3 aliphatic rings. The summed E-state index contributed by atoms with van der Waals surface area (Å²) < 4.78 is 39.1. The topological polar surface area (TPSA) is 98.1 Å². The smallest absolute Gasteiger partial charge is 0.410 e. The monoisotopic (exact) mass is 681 g/mol. The van der Waals surface area contributed by atoms with Gasteiger partial charge in [0.05, 0.1) is 35.8 Å². The van der Waals surface area contributed by atoms with E-state index in [4.69, 9.17) is 31.0 Å². The predicted molar refractivity (Wildman–Crippen MR) is 181 cm³/mol. The molecule has 2 fully saturated rings. The van der Waals surface area contributed by atoms with Crippen molar-refractivity contribution in [3.8, 4) is 12.1 Å². The fourth-order valence-corrected chi connectivity index (χ4v) is 7.00. The van der Waals surface area contributed by atoms with Crippen molar-refractivity contribution in [1.29, 1.82) is 5.26 Å². The molecule has 0 unspecified atom stereocenters. The van der Waals surface area contributed by atoms with E-state index in [9.17, 15) is 18.8 Å². The number of carbonyl (C=O) groups is 1.